The number of nitrogens with zero attached hydrogens (tertiary/aromatic N) is 3. The van der Waals surface area contributed by atoms with Crippen molar-refractivity contribution in [1.82, 2.24) is 14.7 Å². The van der Waals surface area contributed by atoms with Crippen LogP contribution in [0.3, 0.4) is 0 Å². The maximum absolute atomic E-state index is 14.0. The number of rotatable bonds is 6. The standard InChI is InChI=1S/C32H42F3N3O3/c1-22(24-15-17-36(18-16-24)23(2)39)30(40)38-20-19-37(21-28(38)31(3,4)5)29(25-9-7-6-8-10-25)26-11-13-27(14-12-26)41-32(33,34)35/h6-14,22,24,28-29H,15-21H2,1-5H3. The molecule has 0 aromatic heterocycles. The van der Waals surface area contributed by atoms with E-state index in [9.17, 15) is 22.8 Å². The van der Waals surface area contributed by atoms with Gasteiger partial charge in [-0.05, 0) is 47.4 Å². The lowest BCUT2D eigenvalue weighted by atomic mass is 9.80. The molecule has 0 bridgehead atoms. The third kappa shape index (κ3) is 7.61. The molecule has 224 valence electrons. The number of ether oxygens (including phenoxy) is 1. The lowest BCUT2D eigenvalue weighted by Crippen LogP contribution is -2.61. The van der Waals surface area contributed by atoms with Crippen LogP contribution in [0.5, 0.6) is 5.75 Å². The summed E-state index contributed by atoms with van der Waals surface area (Å²) in [7, 11) is 0. The van der Waals surface area contributed by atoms with E-state index in [1.807, 2.05) is 42.2 Å². The van der Waals surface area contributed by atoms with Crippen molar-refractivity contribution in [2.24, 2.45) is 17.3 Å². The Hall–Kier alpha value is -3.07. The molecule has 2 aliphatic heterocycles. The Kier molecular flexibility index (Phi) is 9.36. The minimum absolute atomic E-state index is 0.0532. The summed E-state index contributed by atoms with van der Waals surface area (Å²) in [5, 5.41) is 0. The maximum atomic E-state index is 14.0. The highest BCUT2D eigenvalue weighted by molar-refractivity contribution is 5.79. The first-order valence-corrected chi connectivity index (χ1v) is 14.5. The van der Waals surface area contributed by atoms with Crippen molar-refractivity contribution in [1.29, 1.82) is 0 Å². The number of piperazine rings is 1. The molecular formula is C32H42F3N3O3. The quantitative estimate of drug-likeness (QED) is 0.418. The molecule has 2 aromatic rings. The molecule has 4 rings (SSSR count). The van der Waals surface area contributed by atoms with Crippen molar-refractivity contribution in [3.63, 3.8) is 0 Å². The molecule has 9 heteroatoms. The van der Waals surface area contributed by atoms with Gasteiger partial charge in [0.2, 0.25) is 11.8 Å². The SMILES string of the molecule is CC(=O)N1CCC(C(C)C(=O)N2CCN(C(c3ccccc3)c3ccc(OC(F)(F)F)cc3)CC2C(C)(C)C)CC1. The predicted molar refractivity (Wildman–Crippen MR) is 152 cm³/mol. The third-order valence-corrected chi connectivity index (χ3v) is 8.69. The summed E-state index contributed by atoms with van der Waals surface area (Å²) in [6.45, 7) is 13.3. The van der Waals surface area contributed by atoms with E-state index in [0.29, 0.717) is 32.7 Å². The molecule has 0 spiro atoms. The summed E-state index contributed by atoms with van der Waals surface area (Å²) in [5.74, 6) is 0.106. The topological polar surface area (TPSA) is 53.1 Å². The van der Waals surface area contributed by atoms with Gasteiger partial charge in [0.15, 0.2) is 0 Å². The Morgan fingerprint density at radius 3 is 2.00 bits per heavy atom. The van der Waals surface area contributed by atoms with Gasteiger partial charge >= 0.3 is 6.36 Å². The number of carbonyl (C=O) groups is 2. The highest BCUT2D eigenvalue weighted by Gasteiger charge is 2.42. The second kappa shape index (κ2) is 12.4. The molecule has 6 nitrogen and oxygen atoms in total. The fourth-order valence-corrected chi connectivity index (χ4v) is 6.32. The summed E-state index contributed by atoms with van der Waals surface area (Å²) in [6.07, 6.45) is -3.09. The van der Waals surface area contributed by atoms with Gasteiger partial charge in [-0.25, -0.2) is 0 Å². The minimum Gasteiger partial charge on any atom is -0.406 e. The van der Waals surface area contributed by atoms with E-state index in [-0.39, 0.29) is 46.9 Å². The van der Waals surface area contributed by atoms with Crippen LogP contribution in [0, 0.1) is 17.3 Å². The van der Waals surface area contributed by atoms with Crippen molar-refractivity contribution in [3.05, 3.63) is 65.7 Å². The van der Waals surface area contributed by atoms with E-state index in [2.05, 4.69) is 35.3 Å². The van der Waals surface area contributed by atoms with Crippen LogP contribution in [-0.2, 0) is 9.59 Å². The first-order chi connectivity index (χ1) is 19.2. The van der Waals surface area contributed by atoms with Crippen molar-refractivity contribution >= 4 is 11.8 Å². The molecule has 2 fully saturated rings. The Morgan fingerprint density at radius 2 is 1.46 bits per heavy atom. The molecule has 3 unspecified atom stereocenters. The molecule has 2 amide bonds. The van der Waals surface area contributed by atoms with E-state index in [4.69, 9.17) is 0 Å². The van der Waals surface area contributed by atoms with Crippen LogP contribution in [0.4, 0.5) is 13.2 Å². The summed E-state index contributed by atoms with van der Waals surface area (Å²) in [5.41, 5.74) is 1.70. The molecule has 2 aliphatic rings. The van der Waals surface area contributed by atoms with Crippen molar-refractivity contribution in [2.45, 2.75) is 65.9 Å². The van der Waals surface area contributed by atoms with Gasteiger partial charge < -0.3 is 14.5 Å². The number of halogens is 3. The van der Waals surface area contributed by atoms with Crippen LogP contribution in [-0.4, -0.2) is 71.6 Å². The number of hydrogen-bond donors (Lipinski definition) is 0. The van der Waals surface area contributed by atoms with Crippen LogP contribution in [0.15, 0.2) is 54.6 Å². The average Bonchev–Trinajstić information content (AvgIpc) is 2.92. The van der Waals surface area contributed by atoms with Gasteiger partial charge in [0.25, 0.3) is 0 Å². The van der Waals surface area contributed by atoms with Crippen LogP contribution < -0.4 is 4.74 Å². The Balaban J connectivity index is 1.56. The highest BCUT2D eigenvalue weighted by atomic mass is 19.4. The number of piperidine rings is 1. The summed E-state index contributed by atoms with van der Waals surface area (Å²) in [4.78, 5) is 32.0. The van der Waals surface area contributed by atoms with Gasteiger partial charge in [-0.1, -0.05) is 70.2 Å². The second-order valence-electron chi connectivity index (χ2n) is 12.5. The molecule has 0 saturated carbocycles. The van der Waals surface area contributed by atoms with Crippen molar-refractivity contribution < 1.29 is 27.5 Å². The first-order valence-electron chi connectivity index (χ1n) is 14.5. The van der Waals surface area contributed by atoms with E-state index in [1.165, 1.54) is 12.1 Å². The molecule has 3 atom stereocenters. The number of hydrogen-bond acceptors (Lipinski definition) is 4. The van der Waals surface area contributed by atoms with Crippen LogP contribution >= 0.6 is 0 Å². The molecule has 2 aromatic carbocycles. The number of benzene rings is 2. The number of likely N-dealkylation sites (tertiary alicyclic amines) is 1. The van der Waals surface area contributed by atoms with Gasteiger partial charge in [0.05, 0.1) is 6.04 Å². The smallest absolute Gasteiger partial charge is 0.406 e. The third-order valence-electron chi connectivity index (χ3n) is 8.69. The van der Waals surface area contributed by atoms with Gasteiger partial charge in [0.1, 0.15) is 5.75 Å². The maximum Gasteiger partial charge on any atom is 0.573 e. The zero-order chi connectivity index (χ0) is 29.9. The average molecular weight is 574 g/mol. The van der Waals surface area contributed by atoms with E-state index in [1.54, 1.807) is 19.1 Å². The predicted octanol–water partition coefficient (Wildman–Crippen LogP) is 6.13. The van der Waals surface area contributed by atoms with Crippen molar-refractivity contribution in [3.8, 4) is 5.75 Å². The van der Waals surface area contributed by atoms with Gasteiger partial charge in [-0.3, -0.25) is 14.5 Å². The largest absolute Gasteiger partial charge is 0.573 e. The number of carbonyl (C=O) groups excluding carboxylic acids is 2. The van der Waals surface area contributed by atoms with E-state index in [0.717, 1.165) is 24.0 Å². The zero-order valence-corrected chi connectivity index (χ0v) is 24.7. The summed E-state index contributed by atoms with van der Waals surface area (Å²) >= 11 is 0. The Morgan fingerprint density at radius 1 is 0.878 bits per heavy atom. The molecule has 0 aliphatic carbocycles. The molecule has 2 heterocycles. The second-order valence-corrected chi connectivity index (χ2v) is 12.5. The van der Waals surface area contributed by atoms with E-state index >= 15 is 0 Å². The van der Waals surface area contributed by atoms with Crippen LogP contribution in [0.1, 0.15) is 64.6 Å². The lowest BCUT2D eigenvalue weighted by Gasteiger charge is -2.50. The Bertz CT molecular complexity index is 1170. The molecule has 0 N–H and O–H groups in total. The normalized spacial score (nSPS) is 20.9. The number of alkyl halides is 3. The minimum atomic E-state index is -4.75. The summed E-state index contributed by atoms with van der Waals surface area (Å²) < 4.78 is 42.4. The van der Waals surface area contributed by atoms with Crippen LogP contribution in [0.2, 0.25) is 0 Å². The van der Waals surface area contributed by atoms with Crippen molar-refractivity contribution in [2.75, 3.05) is 32.7 Å². The van der Waals surface area contributed by atoms with E-state index < -0.39 is 6.36 Å². The lowest BCUT2D eigenvalue weighted by molar-refractivity contribution is -0.274. The van der Waals surface area contributed by atoms with Crippen LogP contribution in [0.25, 0.3) is 0 Å². The molecular weight excluding hydrogens is 531 g/mol. The molecule has 41 heavy (non-hydrogen) atoms. The molecule has 2 saturated heterocycles. The van der Waals surface area contributed by atoms with Gasteiger partial charge in [-0.2, -0.15) is 0 Å². The zero-order valence-electron chi connectivity index (χ0n) is 24.7. The fraction of sp³-hybridized carbons (Fsp3) is 0.562. The summed E-state index contributed by atoms with van der Waals surface area (Å²) in [6, 6.07) is 15.8. The van der Waals surface area contributed by atoms with Gasteiger partial charge in [0, 0.05) is 51.6 Å². The fourth-order valence-electron chi connectivity index (χ4n) is 6.32. The van der Waals surface area contributed by atoms with Gasteiger partial charge in [-0.15, -0.1) is 13.2 Å². The first kappa shape index (κ1) is 30.9. The monoisotopic (exact) mass is 573 g/mol. The highest BCUT2D eigenvalue weighted by Crippen LogP contribution is 2.37. The molecule has 0 radical (unpaired) electrons. The Labute approximate surface area is 241 Å². The number of amides is 2.